The Bertz CT molecular complexity index is 293. The average Bonchev–Trinajstić information content (AvgIpc) is 2.76. The van der Waals surface area contributed by atoms with Gasteiger partial charge in [0.2, 0.25) is 0 Å². The number of nitrogens with two attached hydrogens (primary N) is 1. The molecule has 2 aliphatic rings. The first kappa shape index (κ1) is 14.6. The lowest BCUT2D eigenvalue weighted by molar-refractivity contribution is -0.0876. The molecule has 1 spiro atoms. The summed E-state index contributed by atoms with van der Waals surface area (Å²) in [6, 6.07) is 0.596. The van der Waals surface area contributed by atoms with E-state index in [2.05, 4.69) is 11.8 Å². The molecule has 2 N–H and O–H groups in total. The first-order valence-electron chi connectivity index (χ1n) is 6.89. The van der Waals surface area contributed by atoms with Crippen LogP contribution >= 0.6 is 24.0 Å². The predicted molar refractivity (Wildman–Crippen MR) is 82.3 cm³/mol. The third kappa shape index (κ3) is 3.59. The molecule has 2 aliphatic heterocycles. The summed E-state index contributed by atoms with van der Waals surface area (Å²) in [6.07, 6.45) is 4.64. The summed E-state index contributed by atoms with van der Waals surface area (Å²) < 4.78 is 6.08. The van der Waals surface area contributed by atoms with E-state index in [1.165, 1.54) is 12.2 Å². The Morgan fingerprint density at radius 1 is 1.61 bits per heavy atom. The number of hydrogen-bond acceptors (Lipinski definition) is 4. The largest absolute Gasteiger partial charge is 0.392 e. The summed E-state index contributed by atoms with van der Waals surface area (Å²) >= 11 is 7.11. The van der Waals surface area contributed by atoms with Crippen LogP contribution in [0.5, 0.6) is 0 Å². The quantitative estimate of drug-likeness (QED) is 0.784. The minimum atomic E-state index is 0.149. The monoisotopic (exact) mass is 288 g/mol. The molecule has 2 atom stereocenters. The van der Waals surface area contributed by atoms with E-state index in [0.717, 1.165) is 44.7 Å². The fourth-order valence-corrected chi connectivity index (χ4v) is 4.60. The molecule has 2 fully saturated rings. The van der Waals surface area contributed by atoms with Crippen molar-refractivity contribution in [1.29, 1.82) is 0 Å². The second-order valence-corrected chi connectivity index (χ2v) is 7.05. The van der Waals surface area contributed by atoms with Crippen LogP contribution in [0, 0.1) is 0 Å². The van der Waals surface area contributed by atoms with Gasteiger partial charge in [0.1, 0.15) is 0 Å². The molecular formula is C13H24N2OS2. The second-order valence-electron chi connectivity index (χ2n) is 5.42. The molecule has 2 rings (SSSR count). The van der Waals surface area contributed by atoms with Gasteiger partial charge in [-0.2, -0.15) is 11.8 Å². The van der Waals surface area contributed by atoms with Crippen molar-refractivity contribution in [3.8, 4) is 0 Å². The lowest BCUT2D eigenvalue weighted by Gasteiger charge is -2.42. The molecule has 0 radical (unpaired) electrons. The summed E-state index contributed by atoms with van der Waals surface area (Å²) in [6.45, 7) is 4.96. The molecule has 0 amide bonds. The second kappa shape index (κ2) is 6.55. The first-order valence-corrected chi connectivity index (χ1v) is 8.45. The molecule has 104 valence electrons. The van der Waals surface area contributed by atoms with Gasteiger partial charge >= 0.3 is 0 Å². The lowest BCUT2D eigenvalue weighted by atomic mass is 9.89. The summed E-state index contributed by atoms with van der Waals surface area (Å²) in [5.74, 6) is 2.41. The zero-order chi connectivity index (χ0) is 13.0. The van der Waals surface area contributed by atoms with E-state index in [-0.39, 0.29) is 5.60 Å². The van der Waals surface area contributed by atoms with Gasteiger partial charge in [0.25, 0.3) is 0 Å². The number of thiocarbonyl (C=S) groups is 1. The van der Waals surface area contributed by atoms with E-state index in [1.54, 1.807) is 0 Å². The minimum absolute atomic E-state index is 0.149. The van der Waals surface area contributed by atoms with Gasteiger partial charge in [0.15, 0.2) is 0 Å². The van der Waals surface area contributed by atoms with E-state index < -0.39 is 0 Å². The summed E-state index contributed by atoms with van der Waals surface area (Å²) in [5.41, 5.74) is 5.88. The molecule has 2 unspecified atom stereocenters. The van der Waals surface area contributed by atoms with Crippen LogP contribution in [-0.4, -0.2) is 52.7 Å². The molecule has 5 heteroatoms. The maximum absolute atomic E-state index is 6.08. The summed E-state index contributed by atoms with van der Waals surface area (Å²) in [7, 11) is 0. The average molecular weight is 288 g/mol. The van der Waals surface area contributed by atoms with Crippen molar-refractivity contribution >= 4 is 29.0 Å². The molecule has 0 bridgehead atoms. The zero-order valence-electron chi connectivity index (χ0n) is 11.2. The molecule has 0 aliphatic carbocycles. The van der Waals surface area contributed by atoms with Crippen molar-refractivity contribution in [2.45, 2.75) is 44.2 Å². The lowest BCUT2D eigenvalue weighted by Crippen LogP contribution is -2.50. The maximum atomic E-state index is 6.08. The smallest absolute Gasteiger partial charge is 0.0870 e. The van der Waals surface area contributed by atoms with Crippen molar-refractivity contribution in [3.05, 3.63) is 0 Å². The van der Waals surface area contributed by atoms with Crippen LogP contribution in [-0.2, 0) is 4.74 Å². The third-order valence-corrected chi connectivity index (χ3v) is 5.27. The topological polar surface area (TPSA) is 38.5 Å². The molecule has 3 nitrogen and oxygen atoms in total. The number of ether oxygens (including phenoxy) is 1. The van der Waals surface area contributed by atoms with Gasteiger partial charge in [-0.05, 0) is 38.0 Å². The zero-order valence-corrected chi connectivity index (χ0v) is 12.8. The van der Waals surface area contributed by atoms with Crippen LogP contribution in [0.2, 0.25) is 0 Å². The highest BCUT2D eigenvalue weighted by atomic mass is 32.2. The van der Waals surface area contributed by atoms with Crippen LogP contribution in [0.3, 0.4) is 0 Å². The first-order chi connectivity index (χ1) is 8.65. The highest BCUT2D eigenvalue weighted by molar-refractivity contribution is 7.99. The Labute approximate surface area is 120 Å². The maximum Gasteiger partial charge on any atom is 0.0870 e. The van der Waals surface area contributed by atoms with Crippen LogP contribution in [0.4, 0.5) is 0 Å². The van der Waals surface area contributed by atoms with Gasteiger partial charge in [-0.25, -0.2) is 0 Å². The summed E-state index contributed by atoms with van der Waals surface area (Å²) in [4.78, 5) is 3.08. The van der Waals surface area contributed by atoms with Crippen LogP contribution < -0.4 is 5.73 Å². The van der Waals surface area contributed by atoms with Gasteiger partial charge in [0, 0.05) is 24.9 Å². The number of rotatable bonds is 5. The molecule has 2 heterocycles. The minimum Gasteiger partial charge on any atom is -0.392 e. The van der Waals surface area contributed by atoms with Gasteiger partial charge in [0.05, 0.1) is 10.6 Å². The Hall–Kier alpha value is 0.160. The Balaban J connectivity index is 1.98. The van der Waals surface area contributed by atoms with Crippen molar-refractivity contribution in [2.24, 2.45) is 5.73 Å². The van der Waals surface area contributed by atoms with Crippen molar-refractivity contribution in [1.82, 2.24) is 4.90 Å². The SMILES string of the molecule is CCCN(CC(N)=S)C1CCOC2(CCSC2)C1. The summed E-state index contributed by atoms with van der Waals surface area (Å²) in [5, 5.41) is 0. The van der Waals surface area contributed by atoms with E-state index in [0.29, 0.717) is 11.0 Å². The van der Waals surface area contributed by atoms with E-state index in [4.69, 9.17) is 22.7 Å². The Morgan fingerprint density at radius 2 is 2.44 bits per heavy atom. The van der Waals surface area contributed by atoms with Crippen LogP contribution in [0.1, 0.15) is 32.6 Å². The molecule has 18 heavy (non-hydrogen) atoms. The highest BCUT2D eigenvalue weighted by Crippen LogP contribution is 2.39. The molecule has 0 aromatic rings. The van der Waals surface area contributed by atoms with Gasteiger partial charge in [-0.15, -0.1) is 0 Å². The van der Waals surface area contributed by atoms with E-state index in [1.807, 2.05) is 11.8 Å². The normalized spacial score (nSPS) is 32.2. The predicted octanol–water partition coefficient (Wildman–Crippen LogP) is 2.04. The van der Waals surface area contributed by atoms with Crippen LogP contribution in [0.15, 0.2) is 0 Å². The van der Waals surface area contributed by atoms with Crippen molar-refractivity contribution in [3.63, 3.8) is 0 Å². The number of nitrogens with zero attached hydrogens (tertiary/aromatic N) is 1. The number of hydrogen-bond donors (Lipinski definition) is 1. The van der Waals surface area contributed by atoms with Crippen molar-refractivity contribution < 1.29 is 4.74 Å². The van der Waals surface area contributed by atoms with E-state index >= 15 is 0 Å². The molecule has 2 saturated heterocycles. The molecule has 0 aromatic heterocycles. The highest BCUT2D eigenvalue weighted by Gasteiger charge is 2.41. The van der Waals surface area contributed by atoms with Crippen LogP contribution in [0.25, 0.3) is 0 Å². The Kier molecular flexibility index (Phi) is 5.30. The third-order valence-electron chi connectivity index (χ3n) is 3.92. The fourth-order valence-electron chi connectivity index (χ4n) is 3.05. The van der Waals surface area contributed by atoms with Crippen molar-refractivity contribution in [2.75, 3.05) is 31.2 Å². The standard InChI is InChI=1S/C13H24N2OS2/c1-2-5-15(9-12(14)17)11-3-6-16-13(8-11)4-7-18-10-13/h11H,2-10H2,1H3,(H2,14,17). The molecular weight excluding hydrogens is 264 g/mol. The fraction of sp³-hybridized carbons (Fsp3) is 0.923. The van der Waals surface area contributed by atoms with E-state index in [9.17, 15) is 0 Å². The Morgan fingerprint density at radius 3 is 3.06 bits per heavy atom. The number of thioether (sulfide) groups is 1. The molecule has 0 saturated carbocycles. The van der Waals surface area contributed by atoms with Gasteiger partial charge in [-0.1, -0.05) is 19.1 Å². The van der Waals surface area contributed by atoms with Gasteiger partial charge in [-0.3, -0.25) is 4.90 Å². The molecule has 0 aromatic carbocycles. The van der Waals surface area contributed by atoms with Gasteiger partial charge < -0.3 is 10.5 Å².